The molecule has 1 N–H and O–H groups in total. The molecule has 34 heavy (non-hydrogen) atoms. The van der Waals surface area contributed by atoms with Crippen molar-refractivity contribution < 1.29 is 33.7 Å². The Morgan fingerprint density at radius 2 is 1.82 bits per heavy atom. The fourth-order valence-corrected chi connectivity index (χ4v) is 4.13. The van der Waals surface area contributed by atoms with Crippen LogP contribution in [0.25, 0.3) is 5.76 Å². The van der Waals surface area contributed by atoms with E-state index in [4.69, 9.17) is 25.8 Å². The molecule has 0 bridgehead atoms. The van der Waals surface area contributed by atoms with Crippen LogP contribution in [0, 0.1) is 0 Å². The first-order chi connectivity index (χ1) is 16.2. The van der Waals surface area contributed by atoms with Crippen molar-refractivity contribution in [2.75, 3.05) is 20.8 Å². The highest BCUT2D eigenvalue weighted by molar-refractivity contribution is 6.46. The summed E-state index contributed by atoms with van der Waals surface area (Å²) in [7, 11) is 2.84. The van der Waals surface area contributed by atoms with Crippen LogP contribution in [0.2, 0.25) is 5.02 Å². The number of ketones is 1. The van der Waals surface area contributed by atoms with E-state index in [9.17, 15) is 19.5 Å². The third-order valence-corrected chi connectivity index (χ3v) is 5.75. The number of esters is 1. The van der Waals surface area contributed by atoms with Crippen LogP contribution in [-0.4, -0.2) is 48.4 Å². The number of nitrogens with zero attached hydrogens (tertiary/aromatic N) is 1. The molecule has 1 amide bonds. The fourth-order valence-electron chi connectivity index (χ4n) is 3.89. The molecule has 8 nitrogen and oxygen atoms in total. The van der Waals surface area contributed by atoms with Gasteiger partial charge in [-0.05, 0) is 30.2 Å². The maximum absolute atomic E-state index is 13.2. The van der Waals surface area contributed by atoms with Crippen molar-refractivity contribution in [2.45, 2.75) is 32.7 Å². The molecule has 0 aromatic heterocycles. The smallest absolute Gasteiger partial charge is 0.308 e. The Labute approximate surface area is 202 Å². The van der Waals surface area contributed by atoms with Gasteiger partial charge in [0.05, 0.1) is 36.4 Å². The molecule has 2 aromatic carbocycles. The van der Waals surface area contributed by atoms with E-state index in [1.807, 2.05) is 6.92 Å². The zero-order valence-corrected chi connectivity index (χ0v) is 20.1. The molecule has 1 atom stereocenters. The topological polar surface area (TPSA) is 102 Å². The zero-order valence-electron chi connectivity index (χ0n) is 19.4. The van der Waals surface area contributed by atoms with Gasteiger partial charge < -0.3 is 24.2 Å². The minimum absolute atomic E-state index is 0.111. The Hall–Kier alpha value is -3.52. The minimum Gasteiger partial charge on any atom is -0.507 e. The summed E-state index contributed by atoms with van der Waals surface area (Å²) in [5.41, 5.74) is 0.540. The lowest BCUT2D eigenvalue weighted by molar-refractivity contribution is -0.139. The summed E-state index contributed by atoms with van der Waals surface area (Å²) in [6.45, 7) is 3.55. The van der Waals surface area contributed by atoms with Crippen LogP contribution in [-0.2, 0) is 14.4 Å². The van der Waals surface area contributed by atoms with Gasteiger partial charge in [0, 0.05) is 19.5 Å². The van der Waals surface area contributed by atoms with Crippen LogP contribution in [0.4, 0.5) is 0 Å². The molecule has 180 valence electrons. The number of Topliss-reactive ketones (excluding diaryl/α,β-unsaturated/α-hetero) is 1. The molecule has 0 radical (unpaired) electrons. The molecule has 0 aliphatic carbocycles. The third kappa shape index (κ3) is 4.87. The lowest BCUT2D eigenvalue weighted by Crippen LogP contribution is -2.30. The highest BCUT2D eigenvalue weighted by Gasteiger charge is 2.46. The Kier molecular flexibility index (Phi) is 7.83. The molecule has 1 heterocycles. The first kappa shape index (κ1) is 25.1. The number of carbonyl (C=O) groups excluding carboxylic acids is 3. The van der Waals surface area contributed by atoms with E-state index in [2.05, 4.69) is 0 Å². The Morgan fingerprint density at radius 1 is 1.12 bits per heavy atom. The van der Waals surface area contributed by atoms with Crippen LogP contribution < -0.4 is 14.2 Å². The SMILES string of the molecule is CCCCN1C(=O)C(=O)/C(=C(/O)c2cc(Cl)c(OC)cc2OC)C1c1cccc(OC(C)=O)c1. The second-order valence-corrected chi connectivity index (χ2v) is 8.11. The van der Waals surface area contributed by atoms with Crippen molar-refractivity contribution in [1.82, 2.24) is 4.90 Å². The number of aliphatic hydroxyl groups excluding tert-OH is 1. The molecule has 1 saturated heterocycles. The van der Waals surface area contributed by atoms with Gasteiger partial charge in [0.15, 0.2) is 0 Å². The van der Waals surface area contributed by atoms with E-state index in [1.165, 1.54) is 38.2 Å². The molecule has 0 spiro atoms. The number of halogens is 1. The van der Waals surface area contributed by atoms with Gasteiger partial charge in [-0.2, -0.15) is 0 Å². The maximum atomic E-state index is 13.2. The molecule has 2 aromatic rings. The minimum atomic E-state index is -0.896. The monoisotopic (exact) mass is 487 g/mol. The van der Waals surface area contributed by atoms with Gasteiger partial charge in [0.25, 0.3) is 11.7 Å². The molecule has 1 unspecified atom stereocenters. The molecule has 1 fully saturated rings. The summed E-state index contributed by atoms with van der Waals surface area (Å²) in [5.74, 6) is -1.69. The number of unbranched alkanes of at least 4 members (excludes halogenated alkanes) is 1. The fraction of sp³-hybridized carbons (Fsp3) is 0.320. The van der Waals surface area contributed by atoms with Gasteiger partial charge >= 0.3 is 5.97 Å². The summed E-state index contributed by atoms with van der Waals surface area (Å²) in [4.78, 5) is 39.0. The van der Waals surface area contributed by atoms with Gasteiger partial charge in [-0.15, -0.1) is 0 Å². The summed E-state index contributed by atoms with van der Waals surface area (Å²) in [5, 5.41) is 11.5. The number of benzene rings is 2. The highest BCUT2D eigenvalue weighted by atomic mass is 35.5. The first-order valence-electron chi connectivity index (χ1n) is 10.7. The van der Waals surface area contributed by atoms with Crippen molar-refractivity contribution in [3.05, 3.63) is 58.1 Å². The summed E-state index contributed by atoms with van der Waals surface area (Å²) in [6, 6.07) is 8.53. The molecule has 3 rings (SSSR count). The molecule has 1 aliphatic rings. The Morgan fingerprint density at radius 3 is 2.44 bits per heavy atom. The predicted molar refractivity (Wildman–Crippen MR) is 126 cm³/mol. The lowest BCUT2D eigenvalue weighted by Gasteiger charge is -2.25. The van der Waals surface area contributed by atoms with E-state index < -0.39 is 29.5 Å². The van der Waals surface area contributed by atoms with Crippen molar-refractivity contribution >= 4 is 35.0 Å². The molecule has 9 heteroatoms. The second-order valence-electron chi connectivity index (χ2n) is 7.70. The van der Waals surface area contributed by atoms with Gasteiger partial charge in [-0.1, -0.05) is 37.1 Å². The number of carbonyl (C=O) groups is 3. The van der Waals surface area contributed by atoms with E-state index in [0.717, 1.165) is 6.42 Å². The van der Waals surface area contributed by atoms with E-state index in [0.29, 0.717) is 24.3 Å². The molecular formula is C25H26ClNO7. The molecule has 1 aliphatic heterocycles. The van der Waals surface area contributed by atoms with E-state index >= 15 is 0 Å². The number of methoxy groups -OCH3 is 2. The predicted octanol–water partition coefficient (Wildman–Crippen LogP) is 4.50. The first-order valence-corrected chi connectivity index (χ1v) is 11.1. The Balaban J connectivity index is 2.24. The van der Waals surface area contributed by atoms with Crippen LogP contribution in [0.15, 0.2) is 42.0 Å². The quantitative estimate of drug-likeness (QED) is 0.192. The molecule has 0 saturated carbocycles. The number of hydrogen-bond donors (Lipinski definition) is 1. The van der Waals surface area contributed by atoms with Crippen molar-refractivity contribution in [3.63, 3.8) is 0 Å². The van der Waals surface area contributed by atoms with Crippen LogP contribution >= 0.6 is 11.6 Å². The molecular weight excluding hydrogens is 462 g/mol. The number of hydrogen-bond acceptors (Lipinski definition) is 7. The van der Waals surface area contributed by atoms with Crippen LogP contribution in [0.5, 0.6) is 17.2 Å². The normalized spacial score (nSPS) is 17.1. The Bertz CT molecular complexity index is 1160. The lowest BCUT2D eigenvalue weighted by atomic mass is 9.94. The van der Waals surface area contributed by atoms with Crippen LogP contribution in [0.3, 0.4) is 0 Å². The third-order valence-electron chi connectivity index (χ3n) is 5.46. The highest BCUT2D eigenvalue weighted by Crippen LogP contribution is 2.43. The van der Waals surface area contributed by atoms with Crippen molar-refractivity contribution in [3.8, 4) is 17.2 Å². The van der Waals surface area contributed by atoms with E-state index in [1.54, 1.807) is 24.3 Å². The standard InChI is InChI=1S/C25H26ClNO7/c1-5-6-10-27-22(15-8-7-9-16(11-15)34-14(2)28)21(24(30)25(27)31)23(29)17-12-18(26)20(33-4)13-19(17)32-3/h7-9,11-13,22,29H,5-6,10H2,1-4H3/b23-21+. The second kappa shape index (κ2) is 10.6. The summed E-state index contributed by atoms with van der Waals surface area (Å²) in [6.07, 6.45) is 1.45. The summed E-state index contributed by atoms with van der Waals surface area (Å²) < 4.78 is 15.8. The van der Waals surface area contributed by atoms with Gasteiger partial charge in [-0.25, -0.2) is 0 Å². The van der Waals surface area contributed by atoms with Crippen molar-refractivity contribution in [1.29, 1.82) is 0 Å². The number of rotatable bonds is 8. The van der Waals surface area contributed by atoms with Crippen LogP contribution in [0.1, 0.15) is 43.9 Å². The maximum Gasteiger partial charge on any atom is 0.308 e. The average molecular weight is 488 g/mol. The number of likely N-dealkylation sites (tertiary alicyclic amines) is 1. The average Bonchev–Trinajstić information content (AvgIpc) is 3.06. The zero-order chi connectivity index (χ0) is 25.0. The number of aliphatic hydroxyl groups is 1. The van der Waals surface area contributed by atoms with E-state index in [-0.39, 0.29) is 27.7 Å². The number of amides is 1. The summed E-state index contributed by atoms with van der Waals surface area (Å²) >= 11 is 6.27. The largest absolute Gasteiger partial charge is 0.507 e. The van der Waals surface area contributed by atoms with Gasteiger partial charge in [0.2, 0.25) is 0 Å². The number of ether oxygens (including phenoxy) is 3. The van der Waals surface area contributed by atoms with Gasteiger partial charge in [-0.3, -0.25) is 14.4 Å². The van der Waals surface area contributed by atoms with Crippen molar-refractivity contribution in [2.24, 2.45) is 0 Å². The van der Waals surface area contributed by atoms with Gasteiger partial charge in [0.1, 0.15) is 23.0 Å².